The van der Waals surface area contributed by atoms with Gasteiger partial charge < -0.3 is 18.9 Å². The Bertz CT molecular complexity index is 3440. The molecule has 5 heteroatoms. The number of halogens is 1. The van der Waals surface area contributed by atoms with Gasteiger partial charge in [-0.1, -0.05) is 211 Å². The van der Waals surface area contributed by atoms with Gasteiger partial charge in [0.05, 0.1) is 0 Å². The van der Waals surface area contributed by atoms with Crippen molar-refractivity contribution < 1.29 is 23.3 Å². The maximum Gasteiger partial charge on any atom is 0.126 e. The highest BCUT2D eigenvalue weighted by Crippen LogP contribution is 2.65. The standard InChI is InChI=1S/C15H17F.C15H18.C12H16.C11H18.4C9H14O.2C9H14/c1-10-2-3-12(9-15(10)16)8-14-7-11-4-5-13(14)6-11;1-11-2-4-12(5-3-11)8-15-10-13-6-7-14(15)9-13;1-2-8-5-7(1)11-9-3-4-10(6-9)12(8)11;1-11(2,3)10-7-8-4-5-9(10)6-8;4*1-10-6-9-5-7-2-3-8(9)4-7;2*1-2-8-5-7-3-4-9(8)6-7/h2-5,9,11,13-14H,6-8H2,1H3;2-7,13-15H,8-10H2,1H3;1-2,7-12H,3-6H2;4-5,8-10H,6-7H2,1-3H3;4*2-3,7-9H,4-6H2,1H3;2*3-4,7-9H,2,5-6H2,1H3. The van der Waals surface area contributed by atoms with Crippen LogP contribution in [0.25, 0.3) is 0 Å². The normalized spacial score (nSPS) is 42.7. The highest BCUT2D eigenvalue weighted by atomic mass is 19.1. The second-order valence-corrected chi connectivity index (χ2v) is 42.1. The Labute approximate surface area is 682 Å². The molecule has 0 aromatic heterocycles. The second-order valence-electron chi connectivity index (χ2n) is 42.1. The second kappa shape index (κ2) is 38.1. The molecule has 112 heavy (non-hydrogen) atoms. The van der Waals surface area contributed by atoms with Crippen LogP contribution >= 0.6 is 0 Å². The van der Waals surface area contributed by atoms with Crippen molar-refractivity contribution in [2.45, 2.75) is 215 Å². The topological polar surface area (TPSA) is 36.9 Å². The number of allylic oxidation sites excluding steroid dienone is 20. The van der Waals surface area contributed by atoms with E-state index in [4.69, 9.17) is 18.9 Å². The summed E-state index contributed by atoms with van der Waals surface area (Å²) in [4.78, 5) is 0. The van der Waals surface area contributed by atoms with Crippen LogP contribution in [-0.2, 0) is 31.8 Å². The van der Waals surface area contributed by atoms with E-state index < -0.39 is 0 Å². The lowest BCUT2D eigenvalue weighted by molar-refractivity contribution is 0.140. The number of fused-ring (bicyclic) bond motifs is 27. The van der Waals surface area contributed by atoms with Gasteiger partial charge in [0.2, 0.25) is 0 Å². The van der Waals surface area contributed by atoms with Crippen LogP contribution < -0.4 is 0 Å². The minimum atomic E-state index is -0.0591. The van der Waals surface area contributed by atoms with E-state index in [1.54, 1.807) is 53.8 Å². The van der Waals surface area contributed by atoms with Crippen LogP contribution in [0.1, 0.15) is 211 Å². The van der Waals surface area contributed by atoms with E-state index in [1.807, 2.05) is 13.0 Å². The lowest BCUT2D eigenvalue weighted by Gasteiger charge is -2.32. The Morgan fingerprint density at radius 2 is 0.589 bits per heavy atom. The van der Waals surface area contributed by atoms with E-state index in [9.17, 15) is 4.39 Å². The van der Waals surface area contributed by atoms with Crippen molar-refractivity contribution in [2.24, 2.45) is 201 Å². The molecule has 22 aliphatic carbocycles. The molecule has 24 rings (SSSR count). The molecule has 2 aromatic rings. The van der Waals surface area contributed by atoms with Gasteiger partial charge >= 0.3 is 0 Å². The summed E-state index contributed by atoms with van der Waals surface area (Å²) in [6.45, 7) is 19.6. The van der Waals surface area contributed by atoms with Gasteiger partial charge in [-0.15, -0.1) is 0 Å². The molecule has 0 amide bonds. The summed E-state index contributed by atoms with van der Waals surface area (Å²) in [6.07, 6.45) is 85.0. The van der Waals surface area contributed by atoms with Crippen molar-refractivity contribution in [3.63, 3.8) is 0 Å². The molecule has 0 saturated heterocycles. The monoisotopic (exact) mass is 1520 g/mol. The number of rotatable bonds is 14. The van der Waals surface area contributed by atoms with Crippen LogP contribution in [0.3, 0.4) is 0 Å². The Balaban J connectivity index is 0.0000000990. The van der Waals surface area contributed by atoms with Crippen LogP contribution in [0.5, 0.6) is 0 Å². The quantitative estimate of drug-likeness (QED) is 0.140. The fraction of sp³-hybridized carbons (Fsp3) is 0.701. The van der Waals surface area contributed by atoms with Crippen LogP contribution in [0.2, 0.25) is 0 Å². The summed E-state index contributed by atoms with van der Waals surface area (Å²) >= 11 is 0. The molecule has 33 atom stereocenters. The Hall–Kier alpha value is -4.39. The van der Waals surface area contributed by atoms with Gasteiger partial charge in [-0.25, -0.2) is 4.39 Å². The third-order valence-electron chi connectivity index (χ3n) is 33.8. The Kier molecular flexibility index (Phi) is 28.1. The predicted molar refractivity (Wildman–Crippen MR) is 465 cm³/mol. The molecule has 22 bridgehead atoms. The molecule has 0 N–H and O–H groups in total. The highest BCUT2D eigenvalue weighted by Gasteiger charge is 2.58. The summed E-state index contributed by atoms with van der Waals surface area (Å²) in [5.41, 5.74) is 5.33. The third-order valence-corrected chi connectivity index (χ3v) is 33.8. The maximum absolute atomic E-state index is 13.4. The first-order valence-electron chi connectivity index (χ1n) is 47.0. The van der Waals surface area contributed by atoms with Crippen LogP contribution in [-0.4, -0.2) is 54.9 Å². The maximum atomic E-state index is 13.4. The molecule has 12 saturated carbocycles. The molecule has 33 unspecified atom stereocenters. The summed E-state index contributed by atoms with van der Waals surface area (Å²) in [5.74, 6) is 30.7. The lowest BCUT2D eigenvalue weighted by atomic mass is 9.73. The summed E-state index contributed by atoms with van der Waals surface area (Å²) in [6, 6.07) is 14.7. The van der Waals surface area contributed by atoms with E-state index in [1.165, 1.54) is 152 Å². The van der Waals surface area contributed by atoms with E-state index in [2.05, 4.69) is 193 Å². The van der Waals surface area contributed by atoms with Gasteiger partial charge in [0.1, 0.15) is 5.82 Å². The van der Waals surface area contributed by atoms with Crippen molar-refractivity contribution in [3.8, 4) is 0 Å². The molecule has 0 aliphatic heterocycles. The van der Waals surface area contributed by atoms with Gasteiger partial charge in [0, 0.05) is 54.9 Å². The molecule has 612 valence electrons. The van der Waals surface area contributed by atoms with Gasteiger partial charge in [-0.3, -0.25) is 0 Å². The average Bonchev–Trinajstić information content (AvgIpc) is 1.56. The SMILES string of the molecule is C1=CC2CC1C1C3CCC(C3)C21.CC(C)(C)C1CC2C=CC1C2.CCC1CC2C=CC1C2.CCC1CC2C=CC1C2.COCC1CC2C=CC1C2.COCC1CC2C=CC1C2.COCC1CC2C=CC1C2.COCC1CC2C=CC1C2.Cc1ccc(CC2CC3C=CC2C3)cc1.Cc1ccc(CC2CC3C=CC2C3)cc1F. The zero-order valence-electron chi connectivity index (χ0n) is 71.9. The number of aryl methyl sites for hydroxylation is 2. The predicted octanol–water partition coefficient (Wildman–Crippen LogP) is 26.3. The first-order valence-corrected chi connectivity index (χ1v) is 47.0. The Morgan fingerprint density at radius 3 is 0.839 bits per heavy atom. The van der Waals surface area contributed by atoms with Crippen LogP contribution in [0.15, 0.2) is 164 Å². The molecular formula is C107H153FO4. The molecule has 0 spiro atoms. The number of methoxy groups -OCH3 is 4. The van der Waals surface area contributed by atoms with Crippen LogP contribution in [0.4, 0.5) is 4.39 Å². The minimum Gasteiger partial charge on any atom is -0.384 e. The van der Waals surface area contributed by atoms with E-state index in [0.29, 0.717) is 5.41 Å². The lowest BCUT2D eigenvalue weighted by Crippen LogP contribution is -2.25. The molecule has 22 aliphatic rings. The fourth-order valence-electron chi connectivity index (χ4n) is 28.0. The van der Waals surface area contributed by atoms with Crippen LogP contribution in [0, 0.1) is 220 Å². The molecule has 4 nitrogen and oxygen atoms in total. The van der Waals surface area contributed by atoms with Gasteiger partial charge in [-0.2, -0.15) is 0 Å². The minimum absolute atomic E-state index is 0.0591. The smallest absolute Gasteiger partial charge is 0.126 e. The first-order chi connectivity index (χ1) is 54.4. The Morgan fingerprint density at radius 1 is 0.304 bits per heavy atom. The summed E-state index contributed by atoms with van der Waals surface area (Å²) < 4.78 is 34.0. The average molecular weight is 1520 g/mol. The van der Waals surface area contributed by atoms with Crippen molar-refractivity contribution in [2.75, 3.05) is 54.9 Å². The van der Waals surface area contributed by atoms with Gasteiger partial charge in [-0.05, 0) is 391 Å². The largest absolute Gasteiger partial charge is 0.384 e. The molecule has 12 fully saturated rings. The number of benzene rings is 2. The fourth-order valence-corrected chi connectivity index (χ4v) is 28.0. The molecule has 0 radical (unpaired) electrons. The van der Waals surface area contributed by atoms with Gasteiger partial charge in [0.25, 0.3) is 0 Å². The van der Waals surface area contributed by atoms with Crippen molar-refractivity contribution >= 4 is 0 Å². The van der Waals surface area contributed by atoms with Crippen molar-refractivity contribution in [1.82, 2.24) is 0 Å². The molecular weight excluding hydrogens is 1370 g/mol. The number of hydrogen-bond donors (Lipinski definition) is 0. The van der Waals surface area contributed by atoms with E-state index in [0.717, 1.165) is 239 Å². The van der Waals surface area contributed by atoms with E-state index in [-0.39, 0.29) is 5.82 Å². The van der Waals surface area contributed by atoms with Gasteiger partial charge in [0.15, 0.2) is 0 Å². The van der Waals surface area contributed by atoms with Crippen molar-refractivity contribution in [3.05, 3.63) is 192 Å². The first kappa shape index (κ1) is 82.7. The van der Waals surface area contributed by atoms with Crippen molar-refractivity contribution in [1.29, 1.82) is 0 Å². The number of hydrogen-bond acceptors (Lipinski definition) is 4. The zero-order valence-corrected chi connectivity index (χ0v) is 71.9. The molecule has 2 aromatic carbocycles. The third kappa shape index (κ3) is 20.1. The highest BCUT2D eigenvalue weighted by molar-refractivity contribution is 5.27. The zero-order chi connectivity index (χ0) is 77.6. The summed E-state index contributed by atoms with van der Waals surface area (Å²) in [5, 5.41) is 0. The van der Waals surface area contributed by atoms with E-state index >= 15 is 0 Å². The molecule has 0 heterocycles. The summed E-state index contributed by atoms with van der Waals surface area (Å²) in [7, 11) is 7.21. The number of ether oxygens (including phenoxy) is 4.